The Balaban J connectivity index is 1.89. The topological polar surface area (TPSA) is 29.1 Å². The van der Waals surface area contributed by atoms with Crippen LogP contribution in [0, 0.1) is 13.8 Å². The minimum Gasteiger partial charge on any atom is -0.378 e. The lowest BCUT2D eigenvalue weighted by Crippen LogP contribution is -2.16. The van der Waals surface area contributed by atoms with E-state index in [9.17, 15) is 4.79 Å². The average molecular weight is 398 g/mol. The van der Waals surface area contributed by atoms with E-state index in [2.05, 4.69) is 11.4 Å². The van der Waals surface area contributed by atoms with E-state index in [0.29, 0.717) is 22.0 Å². The summed E-state index contributed by atoms with van der Waals surface area (Å²) in [6.07, 6.45) is 0.314. The van der Waals surface area contributed by atoms with Crippen LogP contribution in [0.15, 0.2) is 66.7 Å². The maximum Gasteiger partial charge on any atom is 0.165 e. The lowest BCUT2D eigenvalue weighted by molar-refractivity contribution is 0.0976. The van der Waals surface area contributed by atoms with E-state index in [1.807, 2.05) is 68.4 Å². The first-order chi connectivity index (χ1) is 12.9. The molecule has 0 aliphatic heterocycles. The fourth-order valence-corrected chi connectivity index (χ4v) is 3.27. The molecule has 0 saturated heterocycles. The van der Waals surface area contributed by atoms with Gasteiger partial charge in [-0.1, -0.05) is 71.2 Å². The summed E-state index contributed by atoms with van der Waals surface area (Å²) in [6, 6.07) is 21.0. The van der Waals surface area contributed by atoms with Gasteiger partial charge in [-0.2, -0.15) is 0 Å². The molecule has 0 aromatic heterocycles. The van der Waals surface area contributed by atoms with Crippen LogP contribution in [0.5, 0.6) is 0 Å². The average Bonchev–Trinajstić information content (AvgIpc) is 2.64. The Hall–Kier alpha value is -2.29. The largest absolute Gasteiger partial charge is 0.378 e. The molecule has 3 rings (SSSR count). The number of hydrogen-bond acceptors (Lipinski definition) is 2. The first-order valence-corrected chi connectivity index (χ1v) is 9.56. The molecule has 1 N–H and O–H groups in total. The van der Waals surface area contributed by atoms with Crippen LogP contribution < -0.4 is 5.32 Å². The molecule has 4 heteroatoms. The quantitative estimate of drug-likeness (QED) is 0.452. The number of aryl methyl sites for hydroxylation is 2. The summed E-state index contributed by atoms with van der Waals surface area (Å²) >= 11 is 12.3. The van der Waals surface area contributed by atoms with Crippen LogP contribution in [0.3, 0.4) is 0 Å². The summed E-state index contributed by atoms with van der Waals surface area (Å²) in [5.41, 5.74) is 4.87. The summed E-state index contributed by atoms with van der Waals surface area (Å²) in [7, 11) is 0. The summed E-state index contributed by atoms with van der Waals surface area (Å²) in [5, 5.41) is 4.45. The van der Waals surface area contributed by atoms with Gasteiger partial charge >= 0.3 is 0 Å². The zero-order valence-electron chi connectivity index (χ0n) is 15.3. The molecule has 1 unspecified atom stereocenters. The molecule has 1 atom stereocenters. The third-order valence-electron chi connectivity index (χ3n) is 4.47. The van der Waals surface area contributed by atoms with E-state index in [-0.39, 0.29) is 11.8 Å². The first kappa shape index (κ1) is 19.5. The SMILES string of the molecule is Cc1ccc(C(=O)CC(Nc2cccc(C)c2)c2ccc(Cl)c(Cl)c2)cc1. The molecule has 27 heavy (non-hydrogen) atoms. The van der Waals surface area contributed by atoms with Crippen molar-refractivity contribution >= 4 is 34.7 Å². The van der Waals surface area contributed by atoms with Crippen molar-refractivity contribution in [2.24, 2.45) is 0 Å². The van der Waals surface area contributed by atoms with Crippen molar-refractivity contribution in [3.05, 3.63) is 99.0 Å². The second-order valence-electron chi connectivity index (χ2n) is 6.73. The smallest absolute Gasteiger partial charge is 0.165 e. The Morgan fingerprint density at radius 1 is 0.889 bits per heavy atom. The molecule has 0 bridgehead atoms. The van der Waals surface area contributed by atoms with Crippen LogP contribution in [-0.4, -0.2) is 5.78 Å². The highest BCUT2D eigenvalue weighted by molar-refractivity contribution is 6.42. The zero-order valence-corrected chi connectivity index (χ0v) is 16.8. The van der Waals surface area contributed by atoms with E-state index in [1.54, 1.807) is 6.07 Å². The lowest BCUT2D eigenvalue weighted by atomic mass is 9.97. The van der Waals surface area contributed by atoms with Crippen LogP contribution in [0.1, 0.15) is 39.5 Å². The van der Waals surface area contributed by atoms with Gasteiger partial charge < -0.3 is 5.32 Å². The number of halogens is 2. The number of carbonyl (C=O) groups excluding carboxylic acids is 1. The number of ketones is 1. The number of hydrogen-bond donors (Lipinski definition) is 1. The molecular formula is C23H21Cl2NO. The fourth-order valence-electron chi connectivity index (χ4n) is 2.96. The van der Waals surface area contributed by atoms with Gasteiger partial charge in [-0.3, -0.25) is 4.79 Å². The molecule has 0 radical (unpaired) electrons. The van der Waals surface area contributed by atoms with Gasteiger partial charge in [0.05, 0.1) is 16.1 Å². The number of benzene rings is 3. The highest BCUT2D eigenvalue weighted by Crippen LogP contribution is 2.30. The fraction of sp³-hybridized carbons (Fsp3) is 0.174. The predicted octanol–water partition coefficient (Wildman–Crippen LogP) is 7.04. The van der Waals surface area contributed by atoms with Crippen molar-refractivity contribution in [2.75, 3.05) is 5.32 Å². The standard InChI is InChI=1S/C23H21Cl2NO/c1-15-6-8-17(9-7-15)23(27)14-22(18-10-11-20(24)21(25)13-18)26-19-5-3-4-16(2)12-19/h3-13,22,26H,14H2,1-2H3. The highest BCUT2D eigenvalue weighted by atomic mass is 35.5. The lowest BCUT2D eigenvalue weighted by Gasteiger charge is -2.21. The number of Topliss-reactive ketones (excluding diaryl/α,β-unsaturated/α-hetero) is 1. The summed E-state index contributed by atoms with van der Waals surface area (Å²) < 4.78 is 0. The van der Waals surface area contributed by atoms with E-state index < -0.39 is 0 Å². The van der Waals surface area contributed by atoms with Gasteiger partial charge in [0.15, 0.2) is 5.78 Å². The Bertz CT molecular complexity index is 951. The van der Waals surface area contributed by atoms with Gasteiger partial charge in [-0.05, 0) is 49.2 Å². The normalized spacial score (nSPS) is 11.9. The maximum absolute atomic E-state index is 12.8. The molecule has 0 saturated carbocycles. The third-order valence-corrected chi connectivity index (χ3v) is 5.21. The van der Waals surface area contributed by atoms with Crippen molar-refractivity contribution in [1.29, 1.82) is 0 Å². The molecule has 3 aromatic carbocycles. The van der Waals surface area contributed by atoms with Gasteiger partial charge in [0.1, 0.15) is 0 Å². The minimum absolute atomic E-state index is 0.0752. The van der Waals surface area contributed by atoms with Crippen molar-refractivity contribution in [3.8, 4) is 0 Å². The zero-order chi connectivity index (χ0) is 19.4. The van der Waals surface area contributed by atoms with Crippen LogP contribution in [0.25, 0.3) is 0 Å². The molecule has 0 fully saturated rings. The van der Waals surface area contributed by atoms with E-state index in [1.165, 1.54) is 0 Å². The molecule has 2 nitrogen and oxygen atoms in total. The number of anilines is 1. The molecular weight excluding hydrogens is 377 g/mol. The molecule has 3 aromatic rings. The van der Waals surface area contributed by atoms with E-state index >= 15 is 0 Å². The Morgan fingerprint density at radius 3 is 2.30 bits per heavy atom. The second kappa shape index (κ2) is 8.60. The molecule has 0 heterocycles. The number of nitrogens with one attached hydrogen (secondary N) is 1. The van der Waals surface area contributed by atoms with Crippen LogP contribution >= 0.6 is 23.2 Å². The van der Waals surface area contributed by atoms with Gasteiger partial charge in [0, 0.05) is 17.7 Å². The van der Waals surface area contributed by atoms with Crippen LogP contribution in [-0.2, 0) is 0 Å². The molecule has 0 amide bonds. The minimum atomic E-state index is -0.213. The molecule has 0 spiro atoms. The van der Waals surface area contributed by atoms with Crippen LogP contribution in [0.2, 0.25) is 10.0 Å². The van der Waals surface area contributed by atoms with Gasteiger partial charge in [-0.25, -0.2) is 0 Å². The maximum atomic E-state index is 12.8. The van der Waals surface area contributed by atoms with Crippen LogP contribution in [0.4, 0.5) is 5.69 Å². The van der Waals surface area contributed by atoms with Crippen molar-refractivity contribution in [1.82, 2.24) is 0 Å². The van der Waals surface area contributed by atoms with E-state index in [4.69, 9.17) is 23.2 Å². The van der Waals surface area contributed by atoms with Crippen molar-refractivity contribution in [3.63, 3.8) is 0 Å². The van der Waals surface area contributed by atoms with Crippen molar-refractivity contribution in [2.45, 2.75) is 26.3 Å². The third kappa shape index (κ3) is 5.12. The number of rotatable bonds is 6. The van der Waals surface area contributed by atoms with E-state index in [0.717, 1.165) is 22.4 Å². The Labute approximate surface area is 170 Å². The Kier molecular flexibility index (Phi) is 6.20. The summed E-state index contributed by atoms with van der Waals surface area (Å²) in [6.45, 7) is 4.04. The van der Waals surface area contributed by atoms with Crippen molar-refractivity contribution < 1.29 is 4.79 Å². The molecule has 0 aliphatic rings. The first-order valence-electron chi connectivity index (χ1n) is 8.80. The predicted molar refractivity (Wildman–Crippen MR) is 114 cm³/mol. The highest BCUT2D eigenvalue weighted by Gasteiger charge is 2.18. The van der Waals surface area contributed by atoms with Gasteiger partial charge in [-0.15, -0.1) is 0 Å². The monoisotopic (exact) mass is 397 g/mol. The summed E-state index contributed by atoms with van der Waals surface area (Å²) in [4.78, 5) is 12.8. The van der Waals surface area contributed by atoms with Gasteiger partial charge in [0.25, 0.3) is 0 Å². The second-order valence-corrected chi connectivity index (χ2v) is 7.55. The molecule has 138 valence electrons. The number of carbonyl (C=O) groups is 1. The molecule has 0 aliphatic carbocycles. The Morgan fingerprint density at radius 2 is 1.63 bits per heavy atom. The summed E-state index contributed by atoms with van der Waals surface area (Å²) in [5.74, 6) is 0.0752. The van der Waals surface area contributed by atoms with Gasteiger partial charge in [0.2, 0.25) is 0 Å².